The number of nitrogens with zero attached hydrogens (tertiary/aromatic N) is 1. The molecule has 1 amide bonds. The minimum atomic E-state index is -0.0548. The molecule has 1 aromatic heterocycles. The maximum atomic E-state index is 11.9. The van der Waals surface area contributed by atoms with Crippen molar-refractivity contribution in [2.24, 2.45) is 0 Å². The molecular formula is C10H15N3OS. The number of piperazine rings is 1. The van der Waals surface area contributed by atoms with Crippen LogP contribution < -0.4 is 10.6 Å². The van der Waals surface area contributed by atoms with Crippen molar-refractivity contribution in [2.45, 2.75) is 6.04 Å². The molecule has 82 valence electrons. The van der Waals surface area contributed by atoms with Gasteiger partial charge in [-0.15, -0.1) is 11.3 Å². The van der Waals surface area contributed by atoms with Crippen LogP contribution in [-0.4, -0.2) is 43.5 Å². The standard InChI is InChI=1S/C10H15N3OS/c1-13-5-4-11-7-8(13)10(14)12-9-3-2-6-15-9/h2-3,6,8,11H,4-5,7H2,1H3,(H,12,14). The van der Waals surface area contributed by atoms with E-state index in [4.69, 9.17) is 0 Å². The Bertz CT molecular complexity index is 325. The highest BCUT2D eigenvalue weighted by Crippen LogP contribution is 2.15. The fraction of sp³-hybridized carbons (Fsp3) is 0.500. The number of thiophene rings is 1. The molecule has 0 bridgehead atoms. The summed E-state index contributed by atoms with van der Waals surface area (Å²) >= 11 is 1.55. The number of amides is 1. The first-order valence-electron chi connectivity index (χ1n) is 5.02. The average Bonchev–Trinajstić information content (AvgIpc) is 2.71. The monoisotopic (exact) mass is 225 g/mol. The van der Waals surface area contributed by atoms with Gasteiger partial charge in [0.25, 0.3) is 0 Å². The van der Waals surface area contributed by atoms with Gasteiger partial charge in [-0.05, 0) is 24.6 Å². The number of rotatable bonds is 2. The van der Waals surface area contributed by atoms with Crippen molar-refractivity contribution in [1.82, 2.24) is 10.2 Å². The van der Waals surface area contributed by atoms with E-state index in [0.717, 1.165) is 24.6 Å². The van der Waals surface area contributed by atoms with E-state index in [1.807, 2.05) is 24.6 Å². The van der Waals surface area contributed by atoms with Crippen molar-refractivity contribution in [3.63, 3.8) is 0 Å². The fourth-order valence-electron chi connectivity index (χ4n) is 1.65. The van der Waals surface area contributed by atoms with Gasteiger partial charge in [0.1, 0.15) is 6.04 Å². The number of likely N-dealkylation sites (N-methyl/N-ethyl adjacent to an activating group) is 1. The van der Waals surface area contributed by atoms with Gasteiger partial charge >= 0.3 is 0 Å². The van der Waals surface area contributed by atoms with Crippen molar-refractivity contribution in [3.05, 3.63) is 17.5 Å². The van der Waals surface area contributed by atoms with Gasteiger partial charge in [-0.2, -0.15) is 0 Å². The molecule has 5 heteroatoms. The van der Waals surface area contributed by atoms with Gasteiger partial charge < -0.3 is 10.6 Å². The summed E-state index contributed by atoms with van der Waals surface area (Å²) in [5.41, 5.74) is 0. The molecule has 1 fully saturated rings. The Morgan fingerprint density at radius 2 is 2.60 bits per heavy atom. The predicted octanol–water partition coefficient (Wildman–Crippen LogP) is 0.590. The van der Waals surface area contributed by atoms with Crippen LogP contribution in [-0.2, 0) is 4.79 Å². The predicted molar refractivity (Wildman–Crippen MR) is 62.2 cm³/mol. The zero-order valence-corrected chi connectivity index (χ0v) is 9.51. The molecule has 1 aliphatic rings. The maximum absolute atomic E-state index is 11.9. The number of nitrogens with one attached hydrogen (secondary N) is 2. The van der Waals surface area contributed by atoms with Gasteiger partial charge in [0.2, 0.25) is 5.91 Å². The van der Waals surface area contributed by atoms with Crippen molar-refractivity contribution in [3.8, 4) is 0 Å². The van der Waals surface area contributed by atoms with E-state index in [2.05, 4.69) is 15.5 Å². The molecule has 2 N–H and O–H groups in total. The molecule has 1 saturated heterocycles. The molecule has 0 spiro atoms. The molecule has 1 aliphatic heterocycles. The Kier molecular flexibility index (Phi) is 3.35. The van der Waals surface area contributed by atoms with Crippen molar-refractivity contribution in [1.29, 1.82) is 0 Å². The van der Waals surface area contributed by atoms with Crippen LogP contribution in [0.1, 0.15) is 0 Å². The Hall–Kier alpha value is -0.910. The van der Waals surface area contributed by atoms with Crippen LogP contribution in [0.3, 0.4) is 0 Å². The first kappa shape index (κ1) is 10.6. The molecule has 1 unspecified atom stereocenters. The molecule has 0 radical (unpaired) electrons. The summed E-state index contributed by atoms with van der Waals surface area (Å²) in [7, 11) is 1.99. The lowest BCUT2D eigenvalue weighted by Gasteiger charge is -2.31. The van der Waals surface area contributed by atoms with Crippen molar-refractivity contribution in [2.75, 3.05) is 32.0 Å². The van der Waals surface area contributed by atoms with Crippen LogP contribution in [0.2, 0.25) is 0 Å². The minimum absolute atomic E-state index is 0.0548. The summed E-state index contributed by atoms with van der Waals surface area (Å²) in [6.45, 7) is 2.61. The third-order valence-corrected chi connectivity index (χ3v) is 3.37. The van der Waals surface area contributed by atoms with Gasteiger partial charge in [-0.25, -0.2) is 0 Å². The first-order valence-corrected chi connectivity index (χ1v) is 5.90. The third kappa shape index (κ3) is 2.56. The van der Waals surface area contributed by atoms with E-state index < -0.39 is 0 Å². The van der Waals surface area contributed by atoms with Crippen LogP contribution >= 0.6 is 11.3 Å². The molecule has 4 nitrogen and oxygen atoms in total. The van der Waals surface area contributed by atoms with E-state index in [1.54, 1.807) is 11.3 Å². The molecule has 15 heavy (non-hydrogen) atoms. The smallest absolute Gasteiger partial charge is 0.243 e. The lowest BCUT2D eigenvalue weighted by molar-refractivity contribution is -0.121. The van der Waals surface area contributed by atoms with Gasteiger partial charge in [0, 0.05) is 19.6 Å². The fourth-order valence-corrected chi connectivity index (χ4v) is 2.27. The highest BCUT2D eigenvalue weighted by atomic mass is 32.1. The second kappa shape index (κ2) is 4.74. The molecule has 2 heterocycles. The number of carbonyl (C=O) groups is 1. The number of anilines is 1. The Balaban J connectivity index is 1.95. The second-order valence-electron chi connectivity index (χ2n) is 3.67. The van der Waals surface area contributed by atoms with E-state index >= 15 is 0 Å². The summed E-state index contributed by atoms with van der Waals surface area (Å²) in [6.07, 6.45) is 0. The molecule has 2 rings (SSSR count). The lowest BCUT2D eigenvalue weighted by atomic mass is 10.2. The van der Waals surface area contributed by atoms with E-state index in [1.165, 1.54) is 0 Å². The molecule has 0 aromatic carbocycles. The van der Waals surface area contributed by atoms with Crippen LogP contribution in [0.4, 0.5) is 5.00 Å². The lowest BCUT2D eigenvalue weighted by Crippen LogP contribution is -2.54. The van der Waals surface area contributed by atoms with E-state index in [-0.39, 0.29) is 11.9 Å². The van der Waals surface area contributed by atoms with E-state index in [9.17, 15) is 4.79 Å². The Labute approximate surface area is 93.3 Å². The molecule has 0 saturated carbocycles. The highest BCUT2D eigenvalue weighted by molar-refractivity contribution is 7.14. The summed E-state index contributed by atoms with van der Waals surface area (Å²) in [4.78, 5) is 14.0. The molecule has 1 aromatic rings. The largest absolute Gasteiger partial charge is 0.316 e. The minimum Gasteiger partial charge on any atom is -0.316 e. The van der Waals surface area contributed by atoms with Crippen LogP contribution in [0, 0.1) is 0 Å². The van der Waals surface area contributed by atoms with Gasteiger partial charge in [-0.3, -0.25) is 9.69 Å². The highest BCUT2D eigenvalue weighted by Gasteiger charge is 2.25. The van der Waals surface area contributed by atoms with Crippen LogP contribution in [0.25, 0.3) is 0 Å². The third-order valence-electron chi connectivity index (χ3n) is 2.58. The van der Waals surface area contributed by atoms with Crippen LogP contribution in [0.15, 0.2) is 17.5 Å². The molecular weight excluding hydrogens is 210 g/mol. The van der Waals surface area contributed by atoms with Gasteiger partial charge in [0.05, 0.1) is 5.00 Å². The van der Waals surface area contributed by atoms with Gasteiger partial charge in [-0.1, -0.05) is 0 Å². The quantitative estimate of drug-likeness (QED) is 0.774. The van der Waals surface area contributed by atoms with Gasteiger partial charge in [0.15, 0.2) is 0 Å². The zero-order chi connectivity index (χ0) is 10.7. The zero-order valence-electron chi connectivity index (χ0n) is 8.69. The SMILES string of the molecule is CN1CCNCC1C(=O)Nc1cccs1. The summed E-state index contributed by atoms with van der Waals surface area (Å²) < 4.78 is 0. The number of hydrogen-bond donors (Lipinski definition) is 2. The van der Waals surface area contributed by atoms with E-state index in [0.29, 0.717) is 0 Å². The molecule has 1 atom stereocenters. The second-order valence-corrected chi connectivity index (χ2v) is 4.61. The Morgan fingerprint density at radius 3 is 3.27 bits per heavy atom. The number of carbonyl (C=O) groups excluding carboxylic acids is 1. The van der Waals surface area contributed by atoms with Crippen molar-refractivity contribution < 1.29 is 4.79 Å². The van der Waals surface area contributed by atoms with Crippen molar-refractivity contribution >= 4 is 22.2 Å². The topological polar surface area (TPSA) is 44.4 Å². The summed E-state index contributed by atoms with van der Waals surface area (Å²) in [5, 5.41) is 9.02. The summed E-state index contributed by atoms with van der Waals surface area (Å²) in [5.74, 6) is 0.0761. The maximum Gasteiger partial charge on any atom is 0.243 e. The average molecular weight is 225 g/mol. The normalized spacial score (nSPS) is 22.6. The summed E-state index contributed by atoms with van der Waals surface area (Å²) in [6, 6.07) is 3.79. The first-order chi connectivity index (χ1) is 7.27. The van der Waals surface area contributed by atoms with Crippen LogP contribution in [0.5, 0.6) is 0 Å². The Morgan fingerprint density at radius 1 is 1.73 bits per heavy atom. The number of hydrogen-bond acceptors (Lipinski definition) is 4. The molecule has 0 aliphatic carbocycles.